The first-order valence-electron chi connectivity index (χ1n) is 2.76. The Bertz CT molecular complexity index is 47.7. The normalized spacial score (nSPS) is 10.5. The molecule has 0 heterocycles. The third-order valence-electron chi connectivity index (χ3n) is 0.725. The molecule has 2 radical (unpaired) electrons. The van der Waals surface area contributed by atoms with E-state index in [0.717, 1.165) is 4.44 Å². The Morgan fingerprint density at radius 3 is 2.50 bits per heavy atom. The molecule has 3 heteroatoms. The second-order valence-electron chi connectivity index (χ2n) is 1.60. The van der Waals surface area contributed by atoms with Crippen molar-refractivity contribution in [3.05, 3.63) is 0 Å². The van der Waals surface area contributed by atoms with Crippen LogP contribution in [-0.2, 0) is 0 Å². The molecule has 0 N–H and O–H groups in total. The summed E-state index contributed by atoms with van der Waals surface area (Å²) < 4.78 is 2.53. The summed E-state index contributed by atoms with van der Waals surface area (Å²) in [5, 5.41) is 0. The molecule has 0 rings (SSSR count). The first kappa shape index (κ1) is 9.38. The van der Waals surface area contributed by atoms with Crippen molar-refractivity contribution in [3.63, 3.8) is 0 Å². The van der Waals surface area contributed by atoms with Gasteiger partial charge in [0.15, 0.2) is 0 Å². The van der Waals surface area contributed by atoms with Crippen LogP contribution in [0, 0.1) is 0 Å². The molecule has 0 spiro atoms. The van der Waals surface area contributed by atoms with Gasteiger partial charge in [0.25, 0.3) is 0 Å². The summed E-state index contributed by atoms with van der Waals surface area (Å²) in [7, 11) is 0. The van der Waals surface area contributed by atoms with E-state index >= 15 is 0 Å². The van der Waals surface area contributed by atoms with E-state index in [-0.39, 0.29) is 26.0 Å². The standard InChI is InChI=1S/C3H7.C2H3Cl2.Sn/c1-3-2;1-2(3)4;/h1,3H2,2H3;2H,1H2;. The van der Waals surface area contributed by atoms with Gasteiger partial charge in [-0.3, -0.25) is 0 Å². The molecule has 0 aromatic carbocycles. The predicted octanol–water partition coefficient (Wildman–Crippen LogP) is 2.74. The summed E-state index contributed by atoms with van der Waals surface area (Å²) in [6.07, 6.45) is 1.31. The van der Waals surface area contributed by atoms with E-state index in [1.54, 1.807) is 0 Å². The van der Waals surface area contributed by atoms with Crippen molar-refractivity contribution in [2.75, 3.05) is 0 Å². The van der Waals surface area contributed by atoms with E-state index in [1.165, 1.54) is 10.9 Å². The minimum atomic E-state index is -0.138. The molecule has 48 valence electrons. The Labute approximate surface area is 71.2 Å². The molecule has 0 bridgehead atoms. The minimum absolute atomic E-state index is 0.0758. The molecule has 0 aromatic heterocycles. The van der Waals surface area contributed by atoms with E-state index < -0.39 is 0 Å². The van der Waals surface area contributed by atoms with Crippen molar-refractivity contribution < 1.29 is 0 Å². The van der Waals surface area contributed by atoms with Crippen molar-refractivity contribution in [1.82, 2.24) is 0 Å². The van der Waals surface area contributed by atoms with Crippen LogP contribution < -0.4 is 0 Å². The van der Waals surface area contributed by atoms with Crippen molar-refractivity contribution >= 4 is 44.3 Å². The van der Waals surface area contributed by atoms with Crippen LogP contribution in [0.3, 0.4) is 0 Å². The first-order valence-corrected chi connectivity index (χ1v) is 7.67. The van der Waals surface area contributed by atoms with Crippen molar-refractivity contribution in [3.8, 4) is 0 Å². The SMILES string of the molecule is CC[CH2][Sn][CH2]C(Cl)Cl. The first-order chi connectivity index (χ1) is 3.77. The number of alkyl halides is 2. The topological polar surface area (TPSA) is 0 Å². The number of halogens is 2. The number of rotatable bonds is 4. The Morgan fingerprint density at radius 2 is 2.12 bits per heavy atom. The van der Waals surface area contributed by atoms with Gasteiger partial charge < -0.3 is 0 Å². The van der Waals surface area contributed by atoms with Crippen LogP contribution in [0.25, 0.3) is 0 Å². The average molecular weight is 260 g/mol. The Morgan fingerprint density at radius 1 is 1.50 bits per heavy atom. The molecule has 0 aliphatic heterocycles. The third-order valence-corrected chi connectivity index (χ3v) is 6.94. The molecule has 0 amide bonds. The van der Waals surface area contributed by atoms with Gasteiger partial charge in [0.2, 0.25) is 0 Å². The zero-order chi connectivity index (χ0) is 6.41. The van der Waals surface area contributed by atoms with E-state index in [1.807, 2.05) is 0 Å². The molecule has 0 atom stereocenters. The summed E-state index contributed by atoms with van der Waals surface area (Å²) in [5.41, 5.74) is 0. The summed E-state index contributed by atoms with van der Waals surface area (Å²) in [4.78, 5) is -0.0758. The van der Waals surface area contributed by atoms with Crippen LogP contribution in [0.5, 0.6) is 0 Å². The monoisotopic (exact) mass is 260 g/mol. The van der Waals surface area contributed by atoms with Gasteiger partial charge in [0.05, 0.1) is 0 Å². The fourth-order valence-electron chi connectivity index (χ4n) is 0.388. The van der Waals surface area contributed by atoms with E-state index in [9.17, 15) is 0 Å². The second kappa shape index (κ2) is 6.50. The van der Waals surface area contributed by atoms with Crippen molar-refractivity contribution in [1.29, 1.82) is 0 Å². The van der Waals surface area contributed by atoms with Crippen LogP contribution in [0.4, 0.5) is 0 Å². The summed E-state index contributed by atoms with van der Waals surface area (Å²) in [6.45, 7) is 2.21. The second-order valence-corrected chi connectivity index (χ2v) is 6.89. The quantitative estimate of drug-likeness (QED) is 0.414. The Hall–Kier alpha value is 1.38. The zero-order valence-corrected chi connectivity index (χ0v) is 9.32. The molecule has 0 aliphatic carbocycles. The molecular weight excluding hydrogens is 250 g/mol. The van der Waals surface area contributed by atoms with Crippen LogP contribution in [0.1, 0.15) is 13.3 Å². The van der Waals surface area contributed by atoms with Crippen LogP contribution in [0.2, 0.25) is 8.87 Å². The third kappa shape index (κ3) is 7.38. The predicted molar refractivity (Wildman–Crippen MR) is 41.2 cm³/mol. The van der Waals surface area contributed by atoms with Gasteiger partial charge in [-0.2, -0.15) is 0 Å². The molecule has 0 saturated heterocycles. The number of hydrogen-bond donors (Lipinski definition) is 0. The summed E-state index contributed by atoms with van der Waals surface area (Å²) in [6, 6.07) is 0. The number of hydrogen-bond acceptors (Lipinski definition) is 0. The zero-order valence-electron chi connectivity index (χ0n) is 4.95. The van der Waals surface area contributed by atoms with Gasteiger partial charge >= 0.3 is 71.4 Å². The van der Waals surface area contributed by atoms with Gasteiger partial charge in [-0.25, -0.2) is 0 Å². The molecule has 8 heavy (non-hydrogen) atoms. The molecule has 0 aliphatic rings. The van der Waals surface area contributed by atoms with E-state index in [2.05, 4.69) is 6.92 Å². The Kier molecular flexibility index (Phi) is 7.62. The van der Waals surface area contributed by atoms with Crippen molar-refractivity contribution in [2.24, 2.45) is 0 Å². The summed E-state index contributed by atoms with van der Waals surface area (Å²) >= 11 is 10.9. The van der Waals surface area contributed by atoms with Crippen molar-refractivity contribution in [2.45, 2.75) is 27.1 Å². The Balaban J connectivity index is 2.72. The fraction of sp³-hybridized carbons (Fsp3) is 1.00. The average Bonchev–Trinajstić information content (AvgIpc) is 1.66. The fourth-order valence-corrected chi connectivity index (χ4v) is 4.07. The maximum atomic E-state index is 5.52. The van der Waals surface area contributed by atoms with Gasteiger partial charge in [0, 0.05) is 0 Å². The van der Waals surface area contributed by atoms with Gasteiger partial charge in [0.1, 0.15) is 0 Å². The molecule has 0 aromatic rings. The van der Waals surface area contributed by atoms with E-state index in [0.29, 0.717) is 0 Å². The summed E-state index contributed by atoms with van der Waals surface area (Å²) in [5.74, 6) is 0. The van der Waals surface area contributed by atoms with Gasteiger partial charge in [-0.1, -0.05) is 0 Å². The van der Waals surface area contributed by atoms with Crippen LogP contribution in [0.15, 0.2) is 0 Å². The molecule has 0 nitrogen and oxygen atoms in total. The molecule has 0 unspecified atom stereocenters. The van der Waals surface area contributed by atoms with Gasteiger partial charge in [-0.05, 0) is 0 Å². The van der Waals surface area contributed by atoms with E-state index in [4.69, 9.17) is 23.2 Å². The van der Waals surface area contributed by atoms with Crippen LogP contribution >= 0.6 is 23.2 Å². The molecular formula is C5H10Cl2Sn. The maximum absolute atomic E-state index is 5.52. The molecule has 0 fully saturated rings. The van der Waals surface area contributed by atoms with Crippen LogP contribution in [-0.4, -0.2) is 26.0 Å². The molecule has 0 saturated carbocycles. The van der Waals surface area contributed by atoms with Gasteiger partial charge in [-0.15, -0.1) is 0 Å².